The molecule has 152 valence electrons. The lowest BCUT2D eigenvalue weighted by molar-refractivity contribution is -0.117. The number of hydrogen-bond donors (Lipinski definition) is 2. The molecule has 1 heterocycles. The maximum absolute atomic E-state index is 12.4. The highest BCUT2D eigenvalue weighted by molar-refractivity contribution is 6.01. The fourth-order valence-electron chi connectivity index (χ4n) is 3.22. The minimum Gasteiger partial charge on any atom is -0.366 e. The molecule has 2 rings (SSSR count). The van der Waals surface area contributed by atoms with Crippen molar-refractivity contribution < 1.29 is 9.59 Å². The number of carbonyl (C=O) groups is 2. The summed E-state index contributed by atoms with van der Waals surface area (Å²) in [6.07, 6.45) is 2.18. The molecule has 0 radical (unpaired) electrons. The number of aryl methyl sites for hydroxylation is 1. The van der Waals surface area contributed by atoms with Crippen LogP contribution in [0.1, 0.15) is 46.7 Å². The fraction of sp³-hybridized carbons (Fsp3) is 0.348. The van der Waals surface area contributed by atoms with Gasteiger partial charge in [0.05, 0.1) is 0 Å². The Morgan fingerprint density at radius 2 is 2.00 bits per heavy atom. The number of aromatic nitrogens is 1. The molecular formula is C23H28N4O2. The number of amides is 2. The number of carbonyl (C=O) groups excluding carboxylic acids is 2. The quantitative estimate of drug-likeness (QED) is 0.533. The lowest BCUT2D eigenvalue weighted by Gasteiger charge is -2.12. The molecule has 0 unspecified atom stereocenters. The van der Waals surface area contributed by atoms with Crippen LogP contribution in [0.15, 0.2) is 35.9 Å². The molecule has 0 saturated carbocycles. The Balaban J connectivity index is 2.07. The average molecular weight is 393 g/mol. The molecule has 0 atom stereocenters. The van der Waals surface area contributed by atoms with Gasteiger partial charge in [-0.15, -0.1) is 0 Å². The molecule has 6 nitrogen and oxygen atoms in total. The van der Waals surface area contributed by atoms with Crippen molar-refractivity contribution in [3.63, 3.8) is 0 Å². The zero-order valence-corrected chi connectivity index (χ0v) is 17.5. The minimum absolute atomic E-state index is 0.0701. The molecule has 3 N–H and O–H groups in total. The maximum Gasteiger partial charge on any atom is 0.261 e. The summed E-state index contributed by atoms with van der Waals surface area (Å²) in [5.74, 6) is -0.392. The highest BCUT2D eigenvalue weighted by Crippen LogP contribution is 2.19. The van der Waals surface area contributed by atoms with E-state index in [1.165, 1.54) is 0 Å². The number of rotatable bonds is 8. The third-order valence-electron chi connectivity index (χ3n) is 4.74. The van der Waals surface area contributed by atoms with Crippen molar-refractivity contribution in [2.75, 3.05) is 6.54 Å². The van der Waals surface area contributed by atoms with Crippen molar-refractivity contribution in [2.45, 2.75) is 40.7 Å². The predicted molar refractivity (Wildman–Crippen MR) is 114 cm³/mol. The van der Waals surface area contributed by atoms with Crippen LogP contribution in [0.4, 0.5) is 0 Å². The summed E-state index contributed by atoms with van der Waals surface area (Å²) in [5.41, 5.74) is 9.71. The normalized spacial score (nSPS) is 11.4. The summed E-state index contributed by atoms with van der Waals surface area (Å²) in [6, 6.07) is 11.0. The molecule has 6 heteroatoms. The average Bonchev–Trinajstić information content (AvgIpc) is 2.93. The van der Waals surface area contributed by atoms with E-state index in [-0.39, 0.29) is 5.57 Å². The van der Waals surface area contributed by atoms with Crippen molar-refractivity contribution in [1.29, 1.82) is 5.26 Å². The molecule has 0 saturated heterocycles. The number of nitrogens with two attached hydrogens (primary N) is 1. The van der Waals surface area contributed by atoms with E-state index >= 15 is 0 Å². The molecule has 2 amide bonds. The van der Waals surface area contributed by atoms with Gasteiger partial charge in [-0.05, 0) is 61.6 Å². The van der Waals surface area contributed by atoms with E-state index in [0.29, 0.717) is 24.4 Å². The summed E-state index contributed by atoms with van der Waals surface area (Å²) < 4.78 is 2.20. The first-order valence-corrected chi connectivity index (χ1v) is 9.68. The van der Waals surface area contributed by atoms with Crippen molar-refractivity contribution >= 4 is 17.9 Å². The van der Waals surface area contributed by atoms with Gasteiger partial charge in [-0.25, -0.2) is 0 Å². The van der Waals surface area contributed by atoms with E-state index < -0.39 is 11.8 Å². The van der Waals surface area contributed by atoms with Crippen LogP contribution in [-0.2, 0) is 17.8 Å². The van der Waals surface area contributed by atoms with Crippen molar-refractivity contribution in [1.82, 2.24) is 9.88 Å². The SMILES string of the molecule is Cc1cc(/C=C(/C#N)C(=O)NCCc2cccc(C(N)=O)c2)c(C)n1CC(C)C. The number of nitriles is 1. The van der Waals surface area contributed by atoms with Crippen LogP contribution in [0.2, 0.25) is 0 Å². The Morgan fingerprint density at radius 1 is 1.28 bits per heavy atom. The maximum atomic E-state index is 12.4. The van der Waals surface area contributed by atoms with Gasteiger partial charge in [0.1, 0.15) is 11.6 Å². The minimum atomic E-state index is -0.486. The predicted octanol–water partition coefficient (Wildman–Crippen LogP) is 3.13. The van der Waals surface area contributed by atoms with Gasteiger partial charge in [0.15, 0.2) is 0 Å². The number of benzene rings is 1. The largest absolute Gasteiger partial charge is 0.366 e. The lowest BCUT2D eigenvalue weighted by Crippen LogP contribution is -2.26. The number of hydrogen-bond acceptors (Lipinski definition) is 3. The highest BCUT2D eigenvalue weighted by Gasteiger charge is 2.13. The lowest BCUT2D eigenvalue weighted by atomic mass is 10.1. The Hall–Kier alpha value is -3.33. The summed E-state index contributed by atoms with van der Waals surface area (Å²) in [5, 5.41) is 12.2. The van der Waals surface area contributed by atoms with Gasteiger partial charge in [-0.3, -0.25) is 9.59 Å². The topological polar surface area (TPSA) is 101 Å². The van der Waals surface area contributed by atoms with Crippen LogP contribution < -0.4 is 11.1 Å². The van der Waals surface area contributed by atoms with E-state index in [0.717, 1.165) is 29.1 Å². The van der Waals surface area contributed by atoms with Gasteiger partial charge in [-0.1, -0.05) is 26.0 Å². The fourth-order valence-corrected chi connectivity index (χ4v) is 3.22. The van der Waals surface area contributed by atoms with Gasteiger partial charge in [-0.2, -0.15) is 5.26 Å². The van der Waals surface area contributed by atoms with Gasteiger partial charge in [0.25, 0.3) is 5.91 Å². The van der Waals surface area contributed by atoms with Crippen molar-refractivity contribution in [3.8, 4) is 6.07 Å². The highest BCUT2D eigenvalue weighted by atomic mass is 16.2. The second-order valence-electron chi connectivity index (χ2n) is 7.57. The van der Waals surface area contributed by atoms with E-state index in [2.05, 4.69) is 23.7 Å². The molecule has 0 aliphatic carbocycles. The monoisotopic (exact) mass is 392 g/mol. The second kappa shape index (κ2) is 9.74. The number of nitrogens with one attached hydrogen (secondary N) is 1. The first-order chi connectivity index (χ1) is 13.7. The molecule has 1 aromatic heterocycles. The first kappa shape index (κ1) is 22.0. The van der Waals surface area contributed by atoms with Crippen LogP contribution >= 0.6 is 0 Å². The van der Waals surface area contributed by atoms with Crippen LogP contribution in [0.3, 0.4) is 0 Å². The molecule has 29 heavy (non-hydrogen) atoms. The van der Waals surface area contributed by atoms with Crippen molar-refractivity contribution in [3.05, 3.63) is 64.0 Å². The Bertz CT molecular complexity index is 977. The van der Waals surface area contributed by atoms with Crippen LogP contribution in [0.25, 0.3) is 6.08 Å². The molecule has 0 bridgehead atoms. The molecule has 0 aliphatic rings. The van der Waals surface area contributed by atoms with E-state index in [1.807, 2.05) is 32.0 Å². The molecule has 0 aliphatic heterocycles. The second-order valence-corrected chi connectivity index (χ2v) is 7.57. The first-order valence-electron chi connectivity index (χ1n) is 9.68. The molecular weight excluding hydrogens is 364 g/mol. The van der Waals surface area contributed by atoms with E-state index in [1.54, 1.807) is 24.3 Å². The Kier molecular flexibility index (Phi) is 7.38. The molecule has 1 aromatic carbocycles. The van der Waals surface area contributed by atoms with Gasteiger partial charge >= 0.3 is 0 Å². The van der Waals surface area contributed by atoms with E-state index in [9.17, 15) is 14.9 Å². The summed E-state index contributed by atoms with van der Waals surface area (Å²) in [4.78, 5) is 23.7. The Labute approximate surface area is 172 Å². The summed E-state index contributed by atoms with van der Waals surface area (Å²) in [7, 11) is 0. The Morgan fingerprint density at radius 3 is 2.62 bits per heavy atom. The van der Waals surface area contributed by atoms with Crippen LogP contribution in [-0.4, -0.2) is 22.9 Å². The van der Waals surface area contributed by atoms with Crippen molar-refractivity contribution in [2.24, 2.45) is 11.7 Å². The third-order valence-corrected chi connectivity index (χ3v) is 4.74. The molecule has 0 spiro atoms. The van der Waals surface area contributed by atoms with Gasteiger partial charge < -0.3 is 15.6 Å². The third kappa shape index (κ3) is 5.82. The smallest absolute Gasteiger partial charge is 0.261 e. The zero-order valence-electron chi connectivity index (χ0n) is 17.5. The van der Waals surface area contributed by atoms with Crippen LogP contribution in [0, 0.1) is 31.1 Å². The number of nitrogens with zero attached hydrogens (tertiary/aromatic N) is 2. The van der Waals surface area contributed by atoms with Crippen LogP contribution in [0.5, 0.6) is 0 Å². The standard InChI is InChI=1S/C23H28N4O2/c1-15(2)14-27-16(3)10-20(17(27)4)12-21(13-24)23(29)26-9-8-18-6-5-7-19(11-18)22(25)28/h5-7,10-12,15H,8-9,14H2,1-4H3,(H2,25,28)(H,26,29)/b21-12-. The van der Waals surface area contributed by atoms with Gasteiger partial charge in [0.2, 0.25) is 5.91 Å². The molecule has 0 fully saturated rings. The zero-order chi connectivity index (χ0) is 21.6. The summed E-state index contributed by atoms with van der Waals surface area (Å²) >= 11 is 0. The number of primary amides is 1. The molecule has 2 aromatic rings. The van der Waals surface area contributed by atoms with E-state index in [4.69, 9.17) is 5.73 Å². The van der Waals surface area contributed by atoms with Gasteiger partial charge in [0, 0.05) is 30.0 Å². The summed E-state index contributed by atoms with van der Waals surface area (Å²) in [6.45, 7) is 9.58.